The smallest absolute Gasteiger partial charge is 0.324 e. The zero-order chi connectivity index (χ0) is 20.0. The van der Waals surface area contributed by atoms with Crippen molar-refractivity contribution in [1.29, 1.82) is 0 Å². The van der Waals surface area contributed by atoms with Crippen molar-refractivity contribution >= 4 is 45.1 Å². The molecule has 0 radical (unpaired) electrons. The van der Waals surface area contributed by atoms with Crippen LogP contribution in [0.25, 0.3) is 21.9 Å². The third kappa shape index (κ3) is 2.78. The van der Waals surface area contributed by atoms with E-state index < -0.39 is 11.2 Å². The maximum atomic E-state index is 12.7. The Bertz CT molecular complexity index is 1360. The second kappa shape index (κ2) is 6.65. The number of fused-ring (bicyclic) bond motifs is 2. The number of benzene rings is 2. The molecule has 0 unspecified atom stereocenters. The Morgan fingerprint density at radius 2 is 1.79 bits per heavy atom. The Kier molecular flexibility index (Phi) is 4.27. The highest BCUT2D eigenvalue weighted by molar-refractivity contribution is 6.29. The number of hydrogen-bond acceptors (Lipinski definition) is 4. The fourth-order valence-corrected chi connectivity index (χ4v) is 3.46. The summed E-state index contributed by atoms with van der Waals surface area (Å²) in [4.78, 5) is 41.4. The van der Waals surface area contributed by atoms with E-state index in [0.717, 1.165) is 15.3 Å². The molecule has 4 aromatic rings. The molecule has 1 amide bonds. The minimum absolute atomic E-state index is 0.0404. The summed E-state index contributed by atoms with van der Waals surface area (Å²) in [5.41, 5.74) is -0.183. The van der Waals surface area contributed by atoms with Crippen LogP contribution >= 0.6 is 11.6 Å². The van der Waals surface area contributed by atoms with Gasteiger partial charge in [-0.25, -0.2) is 4.79 Å². The van der Waals surface area contributed by atoms with Gasteiger partial charge in [0.15, 0.2) is 11.2 Å². The van der Waals surface area contributed by atoms with E-state index in [1.54, 1.807) is 6.07 Å². The maximum absolute atomic E-state index is 12.7. The predicted molar refractivity (Wildman–Crippen MR) is 108 cm³/mol. The maximum Gasteiger partial charge on any atom is 0.332 e. The summed E-state index contributed by atoms with van der Waals surface area (Å²) in [6.07, 6.45) is 0. The first kappa shape index (κ1) is 18.0. The third-order valence-corrected chi connectivity index (χ3v) is 4.96. The van der Waals surface area contributed by atoms with Gasteiger partial charge >= 0.3 is 5.69 Å². The molecule has 2 aromatic heterocycles. The number of imidazole rings is 1. The van der Waals surface area contributed by atoms with Crippen molar-refractivity contribution < 1.29 is 4.79 Å². The minimum Gasteiger partial charge on any atom is -0.324 e. The molecule has 142 valence electrons. The number of aromatic nitrogens is 4. The molecule has 0 spiro atoms. The molecule has 0 aliphatic rings. The van der Waals surface area contributed by atoms with E-state index in [0.29, 0.717) is 5.69 Å². The number of nitrogens with zero attached hydrogens (tertiary/aromatic N) is 4. The summed E-state index contributed by atoms with van der Waals surface area (Å²) in [6.45, 7) is -0.216. The summed E-state index contributed by atoms with van der Waals surface area (Å²) in [5, 5.41) is 4.71. The van der Waals surface area contributed by atoms with Gasteiger partial charge in [-0.15, -0.1) is 0 Å². The summed E-state index contributed by atoms with van der Waals surface area (Å²) in [5.74, 6) is -0.367. The number of nitrogens with one attached hydrogen (secondary N) is 1. The van der Waals surface area contributed by atoms with Gasteiger partial charge in [0, 0.05) is 25.2 Å². The lowest BCUT2D eigenvalue weighted by Gasteiger charge is -2.10. The highest BCUT2D eigenvalue weighted by Gasteiger charge is 2.20. The fraction of sp³-hybridized carbons (Fsp3) is 0.158. The van der Waals surface area contributed by atoms with Gasteiger partial charge in [-0.1, -0.05) is 36.4 Å². The van der Waals surface area contributed by atoms with Gasteiger partial charge in [-0.3, -0.25) is 23.3 Å². The molecular weight excluding hydrogens is 382 g/mol. The van der Waals surface area contributed by atoms with Crippen LogP contribution < -0.4 is 16.6 Å². The van der Waals surface area contributed by atoms with E-state index in [-0.39, 0.29) is 28.9 Å². The monoisotopic (exact) mass is 397 g/mol. The quantitative estimate of drug-likeness (QED) is 0.534. The van der Waals surface area contributed by atoms with E-state index in [1.807, 2.05) is 36.4 Å². The van der Waals surface area contributed by atoms with Gasteiger partial charge in [-0.2, -0.15) is 4.98 Å². The van der Waals surface area contributed by atoms with Gasteiger partial charge < -0.3 is 5.32 Å². The van der Waals surface area contributed by atoms with E-state index in [1.165, 1.54) is 23.2 Å². The van der Waals surface area contributed by atoms with Crippen LogP contribution in [0.5, 0.6) is 0 Å². The summed E-state index contributed by atoms with van der Waals surface area (Å²) in [6, 6.07) is 13.3. The molecule has 2 aromatic carbocycles. The molecule has 9 heteroatoms. The molecule has 1 N–H and O–H groups in total. The van der Waals surface area contributed by atoms with Crippen molar-refractivity contribution in [3.8, 4) is 0 Å². The molecule has 8 nitrogen and oxygen atoms in total. The number of carbonyl (C=O) groups excluding carboxylic acids is 1. The second-order valence-corrected chi connectivity index (χ2v) is 6.76. The van der Waals surface area contributed by atoms with Crippen LogP contribution in [0.1, 0.15) is 0 Å². The van der Waals surface area contributed by atoms with Crippen molar-refractivity contribution in [2.75, 3.05) is 5.32 Å². The molecule has 0 saturated carbocycles. The molecule has 28 heavy (non-hydrogen) atoms. The van der Waals surface area contributed by atoms with Crippen molar-refractivity contribution in [2.45, 2.75) is 6.54 Å². The molecule has 4 rings (SSSR count). The van der Waals surface area contributed by atoms with Crippen LogP contribution in [0.15, 0.2) is 52.1 Å². The zero-order valence-electron chi connectivity index (χ0n) is 15.1. The topological polar surface area (TPSA) is 90.9 Å². The van der Waals surface area contributed by atoms with Gasteiger partial charge in [0.2, 0.25) is 11.2 Å². The number of carbonyl (C=O) groups is 1. The largest absolute Gasteiger partial charge is 0.332 e. The van der Waals surface area contributed by atoms with Crippen LogP contribution in [-0.4, -0.2) is 24.6 Å². The SMILES string of the molecule is Cn1c(=O)c2c(nc(Cl)n2CC(=O)Nc2cccc3ccccc23)n(C)c1=O. The van der Waals surface area contributed by atoms with Crippen molar-refractivity contribution in [3.05, 3.63) is 68.6 Å². The summed E-state index contributed by atoms with van der Waals surface area (Å²) < 4.78 is 3.49. The molecule has 2 heterocycles. The number of rotatable bonds is 3. The lowest BCUT2D eigenvalue weighted by molar-refractivity contribution is -0.116. The standard InChI is InChI=1S/C19H16ClN5O3/c1-23-16-15(17(27)24(2)19(23)28)25(18(20)22-16)10-14(26)21-13-9-5-7-11-6-3-4-8-12(11)13/h3-9H,10H2,1-2H3,(H,21,26). The Hall–Kier alpha value is -3.39. The van der Waals surface area contributed by atoms with E-state index in [2.05, 4.69) is 10.3 Å². The lowest BCUT2D eigenvalue weighted by atomic mass is 10.1. The van der Waals surface area contributed by atoms with Crippen LogP contribution in [0.2, 0.25) is 5.28 Å². The zero-order valence-corrected chi connectivity index (χ0v) is 15.9. The van der Waals surface area contributed by atoms with Crippen molar-refractivity contribution in [3.63, 3.8) is 0 Å². The van der Waals surface area contributed by atoms with E-state index in [9.17, 15) is 14.4 Å². The number of aryl methyl sites for hydroxylation is 1. The summed E-state index contributed by atoms with van der Waals surface area (Å²) >= 11 is 6.17. The molecule has 0 saturated heterocycles. The highest BCUT2D eigenvalue weighted by Crippen LogP contribution is 2.23. The molecular formula is C19H16ClN5O3. The molecule has 0 aliphatic carbocycles. The predicted octanol–water partition coefficient (Wildman–Crippen LogP) is 1.88. The molecule has 0 fully saturated rings. The van der Waals surface area contributed by atoms with Gasteiger partial charge in [0.25, 0.3) is 5.56 Å². The van der Waals surface area contributed by atoms with Crippen LogP contribution in [0, 0.1) is 0 Å². The Morgan fingerprint density at radius 1 is 1.07 bits per heavy atom. The number of anilines is 1. The first-order valence-corrected chi connectivity index (χ1v) is 8.85. The fourth-order valence-electron chi connectivity index (χ4n) is 3.23. The Balaban J connectivity index is 1.74. The first-order valence-electron chi connectivity index (χ1n) is 8.48. The summed E-state index contributed by atoms with van der Waals surface area (Å²) in [7, 11) is 2.86. The first-order chi connectivity index (χ1) is 13.4. The van der Waals surface area contributed by atoms with E-state index in [4.69, 9.17) is 11.6 Å². The van der Waals surface area contributed by atoms with Crippen LogP contribution in [0.4, 0.5) is 5.69 Å². The van der Waals surface area contributed by atoms with Gasteiger partial charge in [0.1, 0.15) is 6.54 Å². The molecule has 0 bridgehead atoms. The lowest BCUT2D eigenvalue weighted by Crippen LogP contribution is -2.37. The number of amides is 1. The number of hydrogen-bond donors (Lipinski definition) is 1. The highest BCUT2D eigenvalue weighted by atomic mass is 35.5. The van der Waals surface area contributed by atoms with Crippen molar-refractivity contribution in [1.82, 2.24) is 18.7 Å². The van der Waals surface area contributed by atoms with Crippen LogP contribution in [-0.2, 0) is 25.4 Å². The average molecular weight is 398 g/mol. The third-order valence-electron chi connectivity index (χ3n) is 4.67. The van der Waals surface area contributed by atoms with Crippen molar-refractivity contribution in [2.24, 2.45) is 14.1 Å². The Morgan fingerprint density at radius 3 is 2.57 bits per heavy atom. The molecule has 0 atom stereocenters. The van der Waals surface area contributed by atoms with E-state index >= 15 is 0 Å². The average Bonchev–Trinajstić information content (AvgIpc) is 3.01. The number of halogens is 1. The normalized spacial score (nSPS) is 11.2. The second-order valence-electron chi connectivity index (χ2n) is 6.42. The van der Waals surface area contributed by atoms with Crippen LogP contribution in [0.3, 0.4) is 0 Å². The molecule has 0 aliphatic heterocycles. The van der Waals surface area contributed by atoms with Gasteiger partial charge in [-0.05, 0) is 23.1 Å². The minimum atomic E-state index is -0.560. The van der Waals surface area contributed by atoms with Gasteiger partial charge in [0.05, 0.1) is 0 Å². The Labute approximate surface area is 163 Å².